The average molecular weight is 322 g/mol. The van der Waals surface area contributed by atoms with Crippen molar-refractivity contribution in [2.45, 2.75) is 6.42 Å². The maximum absolute atomic E-state index is 12.1. The van der Waals surface area contributed by atoms with E-state index in [0.717, 1.165) is 5.56 Å². The minimum atomic E-state index is -0.482. The Hall–Kier alpha value is -3.41. The third-order valence-corrected chi connectivity index (χ3v) is 3.72. The maximum atomic E-state index is 12.1. The van der Waals surface area contributed by atoms with E-state index in [-0.39, 0.29) is 5.69 Å². The van der Waals surface area contributed by atoms with Gasteiger partial charge in [0.05, 0.1) is 11.1 Å². The molecule has 2 aromatic carbocycles. The third kappa shape index (κ3) is 3.17. The summed E-state index contributed by atoms with van der Waals surface area (Å²) in [5.74, 6) is 0. The second kappa shape index (κ2) is 6.37. The van der Waals surface area contributed by atoms with Crippen molar-refractivity contribution in [1.29, 1.82) is 0 Å². The minimum absolute atomic E-state index is 0.0134. The molecule has 0 saturated carbocycles. The molecular weight excluding hydrogens is 308 g/mol. The Morgan fingerprint density at radius 2 is 1.67 bits per heavy atom. The van der Waals surface area contributed by atoms with Crippen molar-refractivity contribution in [2.75, 3.05) is 0 Å². The summed E-state index contributed by atoms with van der Waals surface area (Å²) in [5.41, 5.74) is 2.19. The van der Waals surface area contributed by atoms with E-state index in [1.54, 1.807) is 18.2 Å². The van der Waals surface area contributed by atoms with Gasteiger partial charge < -0.3 is 5.21 Å². The van der Waals surface area contributed by atoms with Gasteiger partial charge in [0.15, 0.2) is 0 Å². The fourth-order valence-corrected chi connectivity index (χ4v) is 2.50. The van der Waals surface area contributed by atoms with Gasteiger partial charge in [-0.1, -0.05) is 30.3 Å². The first-order valence-corrected chi connectivity index (χ1v) is 7.28. The van der Waals surface area contributed by atoms with Crippen LogP contribution in [0.1, 0.15) is 11.1 Å². The molecule has 6 nitrogen and oxygen atoms in total. The summed E-state index contributed by atoms with van der Waals surface area (Å²) in [6, 6.07) is 17.1. The van der Waals surface area contributed by atoms with Crippen LogP contribution >= 0.6 is 0 Å². The number of hydrogen-bond acceptors (Lipinski definition) is 4. The van der Waals surface area contributed by atoms with E-state index >= 15 is 0 Å². The maximum Gasteiger partial charge on any atom is 0.286 e. The second-order valence-corrected chi connectivity index (χ2v) is 5.37. The van der Waals surface area contributed by atoms with E-state index in [1.165, 1.54) is 18.3 Å². The van der Waals surface area contributed by atoms with E-state index in [1.807, 2.05) is 30.3 Å². The molecule has 0 unspecified atom stereocenters. The average Bonchev–Trinajstić information content (AvgIpc) is 2.60. The Morgan fingerprint density at radius 1 is 1.00 bits per heavy atom. The van der Waals surface area contributed by atoms with E-state index < -0.39 is 10.5 Å². The topological polar surface area (TPSA) is 85.4 Å². The van der Waals surface area contributed by atoms with Crippen LogP contribution in [-0.2, 0) is 6.42 Å². The highest BCUT2D eigenvalue weighted by atomic mass is 16.6. The largest absolute Gasteiger partial charge is 0.425 e. The smallest absolute Gasteiger partial charge is 0.286 e. The number of hydrogen-bond donors (Lipinski definition) is 1. The van der Waals surface area contributed by atoms with Gasteiger partial charge in [-0.05, 0) is 29.3 Å². The molecule has 0 radical (unpaired) electrons. The van der Waals surface area contributed by atoms with Gasteiger partial charge in [0, 0.05) is 29.7 Å². The third-order valence-electron chi connectivity index (χ3n) is 3.72. The molecule has 0 spiro atoms. The van der Waals surface area contributed by atoms with Crippen molar-refractivity contribution >= 4 is 5.69 Å². The summed E-state index contributed by atoms with van der Waals surface area (Å²) in [6.07, 6.45) is 1.69. The Balaban J connectivity index is 2.00. The lowest BCUT2D eigenvalue weighted by atomic mass is 10.0. The fourth-order valence-electron chi connectivity index (χ4n) is 2.50. The molecule has 0 aliphatic rings. The van der Waals surface area contributed by atoms with Crippen LogP contribution < -0.4 is 5.56 Å². The quantitative estimate of drug-likeness (QED) is 0.454. The van der Waals surface area contributed by atoms with Crippen LogP contribution in [0.2, 0.25) is 0 Å². The predicted molar refractivity (Wildman–Crippen MR) is 89.2 cm³/mol. The van der Waals surface area contributed by atoms with Crippen LogP contribution in [0.25, 0.3) is 11.1 Å². The van der Waals surface area contributed by atoms with Crippen LogP contribution in [-0.4, -0.2) is 14.9 Å². The molecule has 0 aliphatic heterocycles. The molecule has 0 saturated heterocycles. The molecule has 24 heavy (non-hydrogen) atoms. The van der Waals surface area contributed by atoms with Crippen molar-refractivity contribution in [3.05, 3.63) is 98.5 Å². The highest BCUT2D eigenvalue weighted by Crippen LogP contribution is 2.22. The van der Waals surface area contributed by atoms with Gasteiger partial charge in [-0.15, -0.1) is 0 Å². The first kappa shape index (κ1) is 15.5. The molecule has 0 atom stereocenters. The van der Waals surface area contributed by atoms with Gasteiger partial charge in [0.25, 0.3) is 11.2 Å². The fraction of sp³-hybridized carbons (Fsp3) is 0.0556. The number of nitrogens with zero attached hydrogens (tertiary/aromatic N) is 2. The predicted octanol–water partition coefficient (Wildman–Crippen LogP) is 3.25. The SMILES string of the molecule is O=c1c(Cc2ccccc2)cc(-c2ccc([N+](=O)[O-])cc2)cn1O. The number of nitro benzene ring substituents is 1. The molecule has 120 valence electrons. The van der Waals surface area contributed by atoms with Crippen LogP contribution in [0.15, 0.2) is 71.7 Å². The highest BCUT2D eigenvalue weighted by Gasteiger charge is 2.10. The van der Waals surface area contributed by atoms with Gasteiger partial charge in [-0.2, -0.15) is 4.73 Å². The second-order valence-electron chi connectivity index (χ2n) is 5.37. The van der Waals surface area contributed by atoms with Crippen molar-refractivity contribution in [2.24, 2.45) is 0 Å². The molecule has 0 fully saturated rings. The van der Waals surface area contributed by atoms with Crippen molar-refractivity contribution in [3.8, 4) is 11.1 Å². The van der Waals surface area contributed by atoms with Gasteiger partial charge >= 0.3 is 0 Å². The Bertz CT molecular complexity index is 931. The number of aromatic nitrogens is 1. The number of non-ortho nitro benzene ring substituents is 1. The molecular formula is C18H14N2O4. The van der Waals surface area contributed by atoms with Crippen molar-refractivity contribution in [3.63, 3.8) is 0 Å². The van der Waals surface area contributed by atoms with E-state index in [9.17, 15) is 20.1 Å². The Kier molecular flexibility index (Phi) is 4.11. The Morgan fingerprint density at radius 3 is 2.29 bits per heavy atom. The summed E-state index contributed by atoms with van der Waals surface area (Å²) >= 11 is 0. The number of nitro groups is 1. The lowest BCUT2D eigenvalue weighted by molar-refractivity contribution is -0.384. The molecule has 3 rings (SSSR count). The van der Waals surface area contributed by atoms with Gasteiger partial charge in [0.1, 0.15) is 0 Å². The highest BCUT2D eigenvalue weighted by molar-refractivity contribution is 5.64. The standard InChI is InChI=1S/C18H14N2O4/c21-18-15(10-13-4-2-1-3-5-13)11-16(12-19(18)22)14-6-8-17(9-7-14)20(23)24/h1-9,11-12,22H,10H2. The van der Waals surface area contributed by atoms with Crippen LogP contribution in [0.4, 0.5) is 5.69 Å². The van der Waals surface area contributed by atoms with Gasteiger partial charge in [-0.3, -0.25) is 14.9 Å². The van der Waals surface area contributed by atoms with Crippen LogP contribution in [0.5, 0.6) is 0 Å². The zero-order valence-electron chi connectivity index (χ0n) is 12.6. The van der Waals surface area contributed by atoms with Crippen LogP contribution in [0, 0.1) is 10.1 Å². The first-order valence-electron chi connectivity index (χ1n) is 7.28. The normalized spacial score (nSPS) is 10.5. The van der Waals surface area contributed by atoms with E-state index in [4.69, 9.17) is 0 Å². The summed E-state index contributed by atoms with van der Waals surface area (Å²) in [6.45, 7) is 0. The number of pyridine rings is 1. The summed E-state index contributed by atoms with van der Waals surface area (Å²) in [5, 5.41) is 20.6. The lowest BCUT2D eigenvalue weighted by Crippen LogP contribution is -2.21. The Labute approximate surface area is 137 Å². The molecule has 6 heteroatoms. The summed E-state index contributed by atoms with van der Waals surface area (Å²) < 4.78 is 0.551. The first-order chi connectivity index (χ1) is 11.5. The summed E-state index contributed by atoms with van der Waals surface area (Å²) in [4.78, 5) is 22.4. The number of rotatable bonds is 4. The summed E-state index contributed by atoms with van der Waals surface area (Å²) in [7, 11) is 0. The minimum Gasteiger partial charge on any atom is -0.425 e. The molecule has 0 bridgehead atoms. The number of benzene rings is 2. The monoisotopic (exact) mass is 322 g/mol. The zero-order chi connectivity index (χ0) is 17.1. The van der Waals surface area contributed by atoms with E-state index in [0.29, 0.717) is 27.8 Å². The molecule has 0 amide bonds. The molecule has 0 aliphatic carbocycles. The van der Waals surface area contributed by atoms with Crippen LogP contribution in [0.3, 0.4) is 0 Å². The lowest BCUT2D eigenvalue weighted by Gasteiger charge is -2.08. The van der Waals surface area contributed by atoms with Crippen molar-refractivity contribution < 1.29 is 10.1 Å². The molecule has 1 N–H and O–H groups in total. The molecule has 1 heterocycles. The molecule has 3 aromatic rings. The van der Waals surface area contributed by atoms with E-state index in [2.05, 4.69) is 0 Å². The van der Waals surface area contributed by atoms with Crippen molar-refractivity contribution in [1.82, 2.24) is 4.73 Å². The molecule has 1 aromatic heterocycles. The van der Waals surface area contributed by atoms with Gasteiger partial charge in [0.2, 0.25) is 0 Å². The zero-order valence-corrected chi connectivity index (χ0v) is 12.6. The van der Waals surface area contributed by atoms with Gasteiger partial charge in [-0.25, -0.2) is 0 Å².